The molecule has 0 spiro atoms. The number of fused-ring (bicyclic) bond motifs is 1. The predicted molar refractivity (Wildman–Crippen MR) is 61.8 cm³/mol. The number of aromatic nitrogens is 1. The molecule has 0 atom stereocenters. The van der Waals surface area contributed by atoms with Crippen molar-refractivity contribution in [3.05, 3.63) is 18.2 Å². The Hall–Kier alpha value is -0.780. The average Bonchev–Trinajstić information content (AvgIpc) is 2.56. The van der Waals surface area contributed by atoms with Gasteiger partial charge in [-0.25, -0.2) is 4.98 Å². The third kappa shape index (κ3) is 2.00. The van der Waals surface area contributed by atoms with Gasteiger partial charge in [-0.15, -0.1) is 11.3 Å². The van der Waals surface area contributed by atoms with Gasteiger partial charge in [0.2, 0.25) is 0 Å². The molecule has 0 amide bonds. The minimum atomic E-state index is 0.634. The van der Waals surface area contributed by atoms with Crippen molar-refractivity contribution < 1.29 is 4.74 Å². The number of nitrogens with two attached hydrogens (primary N) is 1. The van der Waals surface area contributed by atoms with Crippen molar-refractivity contribution in [2.45, 2.75) is 4.34 Å². The Balaban J connectivity index is 2.32. The van der Waals surface area contributed by atoms with E-state index in [1.54, 1.807) is 30.2 Å². The van der Waals surface area contributed by atoms with Gasteiger partial charge < -0.3 is 10.5 Å². The summed E-state index contributed by atoms with van der Waals surface area (Å²) >= 11 is 3.24. The summed E-state index contributed by atoms with van der Waals surface area (Å²) in [6.45, 7) is 0. The number of thioether (sulfide) groups is 1. The highest BCUT2D eigenvalue weighted by molar-refractivity contribution is 8.01. The fourth-order valence-electron chi connectivity index (χ4n) is 1.09. The van der Waals surface area contributed by atoms with Crippen LogP contribution >= 0.6 is 23.1 Å². The van der Waals surface area contributed by atoms with E-state index in [9.17, 15) is 0 Å². The van der Waals surface area contributed by atoms with E-state index in [2.05, 4.69) is 4.98 Å². The number of nitrogen functional groups attached to an aromatic ring is 1. The molecular weight excluding hydrogens is 216 g/mol. The summed E-state index contributed by atoms with van der Waals surface area (Å²) in [6.07, 6.45) is 0. The molecule has 0 aliphatic carbocycles. The van der Waals surface area contributed by atoms with E-state index in [4.69, 9.17) is 10.5 Å². The molecule has 0 unspecified atom stereocenters. The van der Waals surface area contributed by atoms with Crippen molar-refractivity contribution >= 4 is 39.0 Å². The maximum atomic E-state index is 5.68. The van der Waals surface area contributed by atoms with E-state index in [0.29, 0.717) is 5.94 Å². The summed E-state index contributed by atoms with van der Waals surface area (Å²) in [5, 5.41) is 0. The first kappa shape index (κ1) is 9.76. The van der Waals surface area contributed by atoms with Gasteiger partial charge in [-0.2, -0.15) is 0 Å². The summed E-state index contributed by atoms with van der Waals surface area (Å²) in [6, 6.07) is 5.76. The second kappa shape index (κ2) is 4.16. The van der Waals surface area contributed by atoms with Crippen LogP contribution in [0.25, 0.3) is 10.2 Å². The second-order valence-corrected chi connectivity index (χ2v) is 4.96. The molecule has 74 valence electrons. The van der Waals surface area contributed by atoms with Gasteiger partial charge in [-0.1, -0.05) is 11.8 Å². The molecule has 0 fully saturated rings. The highest BCUT2D eigenvalue weighted by atomic mass is 32.2. The van der Waals surface area contributed by atoms with Crippen LogP contribution in [0.4, 0.5) is 5.69 Å². The molecule has 3 nitrogen and oxygen atoms in total. The van der Waals surface area contributed by atoms with E-state index in [1.807, 2.05) is 18.2 Å². The Morgan fingerprint density at radius 2 is 2.43 bits per heavy atom. The highest BCUT2D eigenvalue weighted by Crippen LogP contribution is 2.30. The lowest BCUT2D eigenvalue weighted by atomic mass is 10.3. The summed E-state index contributed by atoms with van der Waals surface area (Å²) in [5.74, 6) is 0.634. The largest absolute Gasteiger partial charge is 0.399 e. The molecule has 2 N–H and O–H groups in total. The molecule has 5 heteroatoms. The van der Waals surface area contributed by atoms with E-state index < -0.39 is 0 Å². The lowest BCUT2D eigenvalue weighted by molar-refractivity contribution is 0.259. The van der Waals surface area contributed by atoms with Gasteiger partial charge >= 0.3 is 0 Å². The zero-order valence-electron chi connectivity index (χ0n) is 7.69. The van der Waals surface area contributed by atoms with Gasteiger partial charge in [0.1, 0.15) is 0 Å². The number of hydrogen-bond acceptors (Lipinski definition) is 5. The zero-order chi connectivity index (χ0) is 9.97. The minimum absolute atomic E-state index is 0.634. The molecular formula is C9H10N2OS2. The van der Waals surface area contributed by atoms with Crippen LogP contribution in [-0.4, -0.2) is 18.0 Å². The van der Waals surface area contributed by atoms with E-state index in [-0.39, 0.29) is 0 Å². The third-order valence-electron chi connectivity index (χ3n) is 1.69. The fourth-order valence-corrected chi connectivity index (χ4v) is 2.87. The number of nitrogens with zero attached hydrogens (tertiary/aromatic N) is 1. The number of benzene rings is 1. The Labute approximate surface area is 90.3 Å². The maximum absolute atomic E-state index is 5.68. The van der Waals surface area contributed by atoms with Crippen LogP contribution < -0.4 is 5.73 Å². The fraction of sp³-hybridized carbons (Fsp3) is 0.222. The Morgan fingerprint density at radius 1 is 1.57 bits per heavy atom. The standard InChI is InChI=1S/C9H10N2OS2/c1-12-5-13-9-11-7-3-2-6(10)4-8(7)14-9/h2-4H,5,10H2,1H3. The zero-order valence-corrected chi connectivity index (χ0v) is 9.32. The summed E-state index contributed by atoms with van der Waals surface area (Å²) < 4.78 is 7.12. The number of anilines is 1. The maximum Gasteiger partial charge on any atom is 0.153 e. The van der Waals surface area contributed by atoms with Gasteiger partial charge in [0, 0.05) is 12.8 Å². The van der Waals surface area contributed by atoms with Gasteiger partial charge in [0.15, 0.2) is 4.34 Å². The minimum Gasteiger partial charge on any atom is -0.399 e. The molecule has 1 aromatic carbocycles. The monoisotopic (exact) mass is 226 g/mol. The van der Waals surface area contributed by atoms with Gasteiger partial charge in [0.25, 0.3) is 0 Å². The number of thiazole rings is 1. The Bertz CT molecular complexity index is 441. The molecule has 14 heavy (non-hydrogen) atoms. The van der Waals surface area contributed by atoms with Gasteiger partial charge in [0.05, 0.1) is 16.2 Å². The molecule has 0 bridgehead atoms. The number of ether oxygens (including phenoxy) is 1. The lowest BCUT2D eigenvalue weighted by Gasteiger charge is -1.91. The van der Waals surface area contributed by atoms with Crippen molar-refractivity contribution in [2.75, 3.05) is 18.8 Å². The smallest absolute Gasteiger partial charge is 0.153 e. The molecule has 1 heterocycles. The van der Waals surface area contributed by atoms with Crippen LogP contribution in [0.1, 0.15) is 0 Å². The van der Waals surface area contributed by atoms with Crippen molar-refractivity contribution in [3.63, 3.8) is 0 Å². The quantitative estimate of drug-likeness (QED) is 0.496. The predicted octanol–water partition coefficient (Wildman–Crippen LogP) is 2.57. The number of methoxy groups -OCH3 is 1. The van der Waals surface area contributed by atoms with E-state index in [0.717, 1.165) is 20.2 Å². The summed E-state index contributed by atoms with van der Waals surface area (Å²) in [4.78, 5) is 4.44. The Kier molecular flexibility index (Phi) is 2.90. The van der Waals surface area contributed by atoms with Crippen molar-refractivity contribution in [1.82, 2.24) is 4.98 Å². The van der Waals surface area contributed by atoms with Crippen molar-refractivity contribution in [3.8, 4) is 0 Å². The average molecular weight is 226 g/mol. The molecule has 0 aliphatic rings. The molecule has 2 aromatic rings. The third-order valence-corrected chi connectivity index (χ3v) is 3.80. The number of hydrogen-bond donors (Lipinski definition) is 1. The second-order valence-electron chi connectivity index (χ2n) is 2.76. The summed E-state index contributed by atoms with van der Waals surface area (Å²) in [5.41, 5.74) is 7.47. The van der Waals surface area contributed by atoms with Gasteiger partial charge in [-0.3, -0.25) is 0 Å². The first-order chi connectivity index (χ1) is 6.79. The van der Waals surface area contributed by atoms with E-state index in [1.165, 1.54) is 0 Å². The first-order valence-electron chi connectivity index (χ1n) is 4.07. The molecule has 2 rings (SSSR count). The topological polar surface area (TPSA) is 48.1 Å². The van der Waals surface area contributed by atoms with Crippen LogP contribution in [0.15, 0.2) is 22.5 Å². The van der Waals surface area contributed by atoms with Crippen LogP contribution in [-0.2, 0) is 4.74 Å². The van der Waals surface area contributed by atoms with Crippen molar-refractivity contribution in [1.29, 1.82) is 0 Å². The summed E-state index contributed by atoms with van der Waals surface area (Å²) in [7, 11) is 1.68. The number of rotatable bonds is 3. The Morgan fingerprint density at radius 3 is 3.21 bits per heavy atom. The first-order valence-corrected chi connectivity index (χ1v) is 5.87. The molecule has 0 aliphatic heterocycles. The van der Waals surface area contributed by atoms with Crippen LogP contribution in [0, 0.1) is 0 Å². The highest BCUT2D eigenvalue weighted by Gasteiger charge is 2.03. The molecule has 0 saturated heterocycles. The normalized spacial score (nSPS) is 10.9. The van der Waals surface area contributed by atoms with Gasteiger partial charge in [-0.05, 0) is 18.2 Å². The van der Waals surface area contributed by atoms with Crippen LogP contribution in [0.3, 0.4) is 0 Å². The molecule has 0 radical (unpaired) electrons. The van der Waals surface area contributed by atoms with Crippen LogP contribution in [0.5, 0.6) is 0 Å². The lowest BCUT2D eigenvalue weighted by Crippen LogP contribution is -1.81. The van der Waals surface area contributed by atoms with Crippen molar-refractivity contribution in [2.24, 2.45) is 0 Å². The van der Waals surface area contributed by atoms with Crippen LogP contribution in [0.2, 0.25) is 0 Å². The molecule has 0 saturated carbocycles. The SMILES string of the molecule is COCSc1nc2ccc(N)cc2s1. The van der Waals surface area contributed by atoms with E-state index >= 15 is 0 Å². The molecule has 1 aromatic heterocycles.